The van der Waals surface area contributed by atoms with Gasteiger partial charge >= 0.3 is 0 Å². The van der Waals surface area contributed by atoms with Gasteiger partial charge in [-0.1, -0.05) is 17.7 Å². The van der Waals surface area contributed by atoms with E-state index in [0.29, 0.717) is 5.69 Å². The smallest absolute Gasteiger partial charge is 0.275 e. The fourth-order valence-corrected chi connectivity index (χ4v) is 1.71. The van der Waals surface area contributed by atoms with Gasteiger partial charge in [0.25, 0.3) is 5.56 Å². The molecule has 0 radical (unpaired) electrons. The molecule has 7 heteroatoms. The van der Waals surface area contributed by atoms with Crippen molar-refractivity contribution >= 4 is 34.8 Å². The summed E-state index contributed by atoms with van der Waals surface area (Å²) in [5.41, 5.74) is 2.58. The highest BCUT2D eigenvalue weighted by Gasteiger charge is 2.02. The normalized spacial score (nSPS) is 10.8. The zero-order valence-corrected chi connectivity index (χ0v) is 9.55. The molecule has 0 aliphatic rings. The molecule has 0 spiro atoms. The van der Waals surface area contributed by atoms with Crippen LogP contribution in [-0.2, 0) is 0 Å². The maximum absolute atomic E-state index is 11.1. The summed E-state index contributed by atoms with van der Waals surface area (Å²) in [4.78, 5) is 12.1. The molecule has 2 rings (SSSR count). The van der Waals surface area contributed by atoms with Crippen LogP contribution in [0.4, 0.5) is 5.69 Å². The topological polar surface area (TPSA) is 70.1 Å². The highest BCUT2D eigenvalue weighted by Crippen LogP contribution is 2.14. The van der Waals surface area contributed by atoms with Crippen LogP contribution in [0.1, 0.15) is 4.88 Å². The Hall–Kier alpha value is -1.66. The van der Waals surface area contributed by atoms with E-state index in [2.05, 4.69) is 20.7 Å². The lowest BCUT2D eigenvalue weighted by molar-refractivity contribution is 0.987. The van der Waals surface area contributed by atoms with Crippen molar-refractivity contribution in [1.29, 1.82) is 0 Å². The quantitative estimate of drug-likeness (QED) is 0.650. The third kappa shape index (κ3) is 2.47. The number of nitrogens with zero attached hydrogens (tertiary/aromatic N) is 2. The van der Waals surface area contributed by atoms with Crippen LogP contribution in [0.5, 0.6) is 0 Å². The minimum atomic E-state index is -0.446. The average molecular weight is 255 g/mol. The molecule has 0 aliphatic heterocycles. The minimum Gasteiger partial charge on any atom is -0.275 e. The van der Waals surface area contributed by atoms with Gasteiger partial charge in [0.2, 0.25) is 0 Å². The van der Waals surface area contributed by atoms with Crippen molar-refractivity contribution in [2.45, 2.75) is 0 Å². The molecule has 0 aliphatic carbocycles. The van der Waals surface area contributed by atoms with Gasteiger partial charge in [-0.25, -0.2) is 5.10 Å². The summed E-state index contributed by atoms with van der Waals surface area (Å²) in [6, 6.07) is 3.85. The van der Waals surface area contributed by atoms with Gasteiger partial charge in [-0.15, -0.1) is 11.3 Å². The standard InChI is InChI=1S/C9H7ClN4OS/c10-8-7(5-12-14-9(8)15)13-11-4-6-2-1-3-16-6/h1-5H,(H2,13,14,15)/b11-4-. The summed E-state index contributed by atoms with van der Waals surface area (Å²) in [7, 11) is 0. The highest BCUT2D eigenvalue weighted by atomic mass is 35.5. The van der Waals surface area contributed by atoms with E-state index in [1.54, 1.807) is 17.6 Å². The summed E-state index contributed by atoms with van der Waals surface area (Å²) in [6.45, 7) is 0. The van der Waals surface area contributed by atoms with Crippen molar-refractivity contribution in [3.63, 3.8) is 0 Å². The molecule has 2 N–H and O–H groups in total. The molecule has 0 atom stereocenters. The van der Waals surface area contributed by atoms with Gasteiger partial charge < -0.3 is 0 Å². The van der Waals surface area contributed by atoms with E-state index in [1.807, 2.05) is 17.5 Å². The van der Waals surface area contributed by atoms with Crippen molar-refractivity contribution in [1.82, 2.24) is 10.2 Å². The lowest BCUT2D eigenvalue weighted by Gasteiger charge is -1.99. The van der Waals surface area contributed by atoms with E-state index >= 15 is 0 Å². The lowest BCUT2D eigenvalue weighted by Crippen LogP contribution is -2.09. The summed E-state index contributed by atoms with van der Waals surface area (Å²) < 4.78 is 0. The largest absolute Gasteiger partial charge is 0.285 e. The first kappa shape index (κ1) is 10.8. The van der Waals surface area contributed by atoms with Crippen LogP contribution >= 0.6 is 22.9 Å². The number of hydrogen-bond donors (Lipinski definition) is 2. The molecule has 2 heterocycles. The molecule has 0 amide bonds. The first-order valence-corrected chi connectivity index (χ1v) is 5.59. The Balaban J connectivity index is 2.11. The van der Waals surface area contributed by atoms with E-state index in [-0.39, 0.29) is 5.02 Å². The van der Waals surface area contributed by atoms with Crippen LogP contribution in [0.3, 0.4) is 0 Å². The first-order valence-electron chi connectivity index (χ1n) is 4.33. The van der Waals surface area contributed by atoms with Crippen molar-refractivity contribution in [2.24, 2.45) is 5.10 Å². The second kappa shape index (κ2) is 4.91. The van der Waals surface area contributed by atoms with E-state index < -0.39 is 5.56 Å². The number of H-pyrrole nitrogens is 1. The van der Waals surface area contributed by atoms with Crippen LogP contribution in [0.15, 0.2) is 33.6 Å². The summed E-state index contributed by atoms with van der Waals surface area (Å²) in [6.07, 6.45) is 3.04. The summed E-state index contributed by atoms with van der Waals surface area (Å²) in [5, 5.41) is 11.8. The summed E-state index contributed by atoms with van der Waals surface area (Å²) >= 11 is 7.30. The molecule has 16 heavy (non-hydrogen) atoms. The second-order valence-electron chi connectivity index (χ2n) is 2.81. The van der Waals surface area contributed by atoms with Crippen molar-refractivity contribution in [3.05, 3.63) is 44.0 Å². The number of aromatic nitrogens is 2. The predicted octanol–water partition coefficient (Wildman–Crippen LogP) is 1.93. The van der Waals surface area contributed by atoms with Gasteiger partial charge in [-0.2, -0.15) is 10.2 Å². The van der Waals surface area contributed by atoms with Gasteiger partial charge in [-0.05, 0) is 11.4 Å². The van der Waals surface area contributed by atoms with Gasteiger partial charge in [0.15, 0.2) is 0 Å². The van der Waals surface area contributed by atoms with E-state index in [4.69, 9.17) is 11.6 Å². The van der Waals surface area contributed by atoms with Crippen LogP contribution < -0.4 is 11.0 Å². The fraction of sp³-hybridized carbons (Fsp3) is 0. The minimum absolute atomic E-state index is 0.0401. The van der Waals surface area contributed by atoms with E-state index in [9.17, 15) is 4.79 Å². The number of halogens is 1. The van der Waals surface area contributed by atoms with Crippen LogP contribution in [0.2, 0.25) is 5.02 Å². The molecule has 2 aromatic rings. The number of rotatable bonds is 3. The Morgan fingerprint density at radius 1 is 1.62 bits per heavy atom. The van der Waals surface area contributed by atoms with Gasteiger partial charge in [0.1, 0.15) is 10.7 Å². The zero-order valence-electron chi connectivity index (χ0n) is 7.98. The SMILES string of the molecule is O=c1[nH]ncc(N/N=C\c2cccs2)c1Cl. The molecule has 0 unspecified atom stereocenters. The Kier molecular flexibility index (Phi) is 3.33. The maximum atomic E-state index is 11.1. The summed E-state index contributed by atoms with van der Waals surface area (Å²) in [5.74, 6) is 0. The Morgan fingerprint density at radius 2 is 2.50 bits per heavy atom. The first-order chi connectivity index (χ1) is 7.77. The predicted molar refractivity (Wildman–Crippen MR) is 65.4 cm³/mol. The van der Waals surface area contributed by atoms with E-state index in [0.717, 1.165) is 4.88 Å². The molecule has 2 aromatic heterocycles. The maximum Gasteiger partial charge on any atom is 0.285 e. The average Bonchev–Trinajstić information content (AvgIpc) is 2.77. The van der Waals surface area contributed by atoms with Crippen molar-refractivity contribution in [3.8, 4) is 0 Å². The Bertz CT molecular complexity index is 549. The molecular weight excluding hydrogens is 248 g/mol. The number of thiophene rings is 1. The van der Waals surface area contributed by atoms with Crippen LogP contribution in [0.25, 0.3) is 0 Å². The molecule has 0 fully saturated rings. The third-order valence-electron chi connectivity index (χ3n) is 1.72. The number of aromatic amines is 1. The Morgan fingerprint density at radius 3 is 3.25 bits per heavy atom. The molecule has 82 valence electrons. The van der Waals surface area contributed by atoms with Crippen LogP contribution in [0, 0.1) is 0 Å². The monoisotopic (exact) mass is 254 g/mol. The van der Waals surface area contributed by atoms with Gasteiger partial charge in [0, 0.05) is 4.88 Å². The zero-order chi connectivity index (χ0) is 11.4. The number of anilines is 1. The van der Waals surface area contributed by atoms with Gasteiger partial charge in [0.05, 0.1) is 12.4 Å². The third-order valence-corrected chi connectivity index (χ3v) is 2.90. The molecule has 0 saturated carbocycles. The second-order valence-corrected chi connectivity index (χ2v) is 4.17. The van der Waals surface area contributed by atoms with Gasteiger partial charge in [-0.3, -0.25) is 10.2 Å². The molecule has 0 bridgehead atoms. The highest BCUT2D eigenvalue weighted by molar-refractivity contribution is 7.11. The molecule has 0 saturated heterocycles. The van der Waals surface area contributed by atoms with Crippen LogP contribution in [-0.4, -0.2) is 16.4 Å². The number of hydrazone groups is 1. The lowest BCUT2D eigenvalue weighted by atomic mass is 10.5. The van der Waals surface area contributed by atoms with Crippen molar-refractivity contribution < 1.29 is 0 Å². The van der Waals surface area contributed by atoms with E-state index in [1.165, 1.54) is 6.20 Å². The number of nitrogens with one attached hydrogen (secondary N) is 2. The molecular formula is C9H7ClN4OS. The fourth-order valence-electron chi connectivity index (χ4n) is 0.992. The molecule has 0 aromatic carbocycles. The van der Waals surface area contributed by atoms with Crippen molar-refractivity contribution in [2.75, 3.05) is 5.43 Å². The number of hydrogen-bond acceptors (Lipinski definition) is 5. The molecule has 5 nitrogen and oxygen atoms in total. The Labute approximate surface area is 99.8 Å².